The topological polar surface area (TPSA) is 15.3 Å². The Balaban J connectivity index is 1.72. The van der Waals surface area contributed by atoms with Crippen LogP contribution in [0.1, 0.15) is 51.4 Å². The van der Waals surface area contributed by atoms with Crippen molar-refractivity contribution in [1.82, 2.24) is 10.2 Å². The van der Waals surface area contributed by atoms with E-state index in [9.17, 15) is 0 Å². The Morgan fingerprint density at radius 2 is 1.88 bits per heavy atom. The van der Waals surface area contributed by atoms with Gasteiger partial charge in [0, 0.05) is 12.1 Å². The van der Waals surface area contributed by atoms with Crippen LogP contribution in [0.2, 0.25) is 0 Å². The molecular weight excluding hydrogens is 196 g/mol. The molecule has 0 amide bonds. The van der Waals surface area contributed by atoms with Crippen molar-refractivity contribution in [2.45, 2.75) is 56.9 Å². The Hall–Kier alpha value is -0.0800. The van der Waals surface area contributed by atoms with Gasteiger partial charge in [0.25, 0.3) is 0 Å². The molecule has 2 nitrogen and oxygen atoms in total. The second-order valence-electron chi connectivity index (χ2n) is 6.05. The highest BCUT2D eigenvalue weighted by Crippen LogP contribution is 2.32. The molecule has 0 spiro atoms. The van der Waals surface area contributed by atoms with Crippen molar-refractivity contribution < 1.29 is 0 Å². The van der Waals surface area contributed by atoms with E-state index in [0.717, 1.165) is 5.92 Å². The van der Waals surface area contributed by atoms with Crippen LogP contribution < -0.4 is 5.32 Å². The van der Waals surface area contributed by atoms with Gasteiger partial charge in [0.2, 0.25) is 0 Å². The van der Waals surface area contributed by atoms with Gasteiger partial charge in [0.05, 0.1) is 0 Å². The summed E-state index contributed by atoms with van der Waals surface area (Å²) >= 11 is 0. The first-order valence-electron chi connectivity index (χ1n) is 7.12. The van der Waals surface area contributed by atoms with Crippen molar-refractivity contribution in [2.24, 2.45) is 5.92 Å². The molecule has 0 aliphatic heterocycles. The molecule has 2 rings (SSSR count). The van der Waals surface area contributed by atoms with Crippen molar-refractivity contribution >= 4 is 0 Å². The Labute approximate surface area is 101 Å². The first-order valence-corrected chi connectivity index (χ1v) is 7.12. The Bertz CT molecular complexity index is 205. The predicted octanol–water partition coefficient (Wildman–Crippen LogP) is 2.64. The lowest BCUT2D eigenvalue weighted by Gasteiger charge is -2.38. The summed E-state index contributed by atoms with van der Waals surface area (Å²) in [4.78, 5) is 2.55. The monoisotopic (exact) mass is 224 g/mol. The van der Waals surface area contributed by atoms with Gasteiger partial charge in [0.1, 0.15) is 0 Å². The zero-order valence-corrected chi connectivity index (χ0v) is 11.1. The minimum atomic E-state index is 0.468. The van der Waals surface area contributed by atoms with Crippen molar-refractivity contribution in [3.05, 3.63) is 0 Å². The lowest BCUT2D eigenvalue weighted by atomic mass is 9.79. The molecule has 0 aromatic carbocycles. The van der Waals surface area contributed by atoms with Gasteiger partial charge in [-0.25, -0.2) is 0 Å². The van der Waals surface area contributed by atoms with E-state index in [4.69, 9.17) is 0 Å². The van der Waals surface area contributed by atoms with Gasteiger partial charge in [-0.1, -0.05) is 19.3 Å². The van der Waals surface area contributed by atoms with Crippen molar-refractivity contribution in [3.63, 3.8) is 0 Å². The second kappa shape index (κ2) is 5.50. The molecule has 0 aromatic rings. The van der Waals surface area contributed by atoms with E-state index in [1.54, 1.807) is 0 Å². The molecule has 0 saturated heterocycles. The minimum absolute atomic E-state index is 0.468. The summed E-state index contributed by atoms with van der Waals surface area (Å²) in [6.07, 6.45) is 11.4. The molecule has 2 heteroatoms. The Morgan fingerprint density at radius 1 is 1.19 bits per heavy atom. The molecule has 94 valence electrons. The van der Waals surface area contributed by atoms with Crippen LogP contribution in [-0.4, -0.2) is 37.6 Å². The summed E-state index contributed by atoms with van der Waals surface area (Å²) in [6, 6.07) is 0. The lowest BCUT2D eigenvalue weighted by molar-refractivity contribution is 0.194. The smallest absolute Gasteiger partial charge is 0.0190 e. The highest BCUT2D eigenvalue weighted by molar-refractivity contribution is 4.90. The number of rotatable bonds is 6. The third-order valence-electron chi connectivity index (χ3n) is 4.58. The van der Waals surface area contributed by atoms with E-state index < -0.39 is 0 Å². The fourth-order valence-electron chi connectivity index (χ4n) is 3.09. The van der Waals surface area contributed by atoms with Gasteiger partial charge < -0.3 is 10.2 Å². The quantitative estimate of drug-likeness (QED) is 0.746. The van der Waals surface area contributed by atoms with Gasteiger partial charge in [-0.05, 0) is 58.7 Å². The largest absolute Gasteiger partial charge is 0.314 e. The summed E-state index contributed by atoms with van der Waals surface area (Å²) in [6.45, 7) is 2.61. The Kier molecular flexibility index (Phi) is 4.26. The summed E-state index contributed by atoms with van der Waals surface area (Å²) < 4.78 is 0. The van der Waals surface area contributed by atoms with Gasteiger partial charge in [-0.15, -0.1) is 0 Å². The molecule has 0 radical (unpaired) electrons. The van der Waals surface area contributed by atoms with Gasteiger partial charge in [-0.2, -0.15) is 0 Å². The molecular formula is C14H28N2. The number of hydrogen-bond acceptors (Lipinski definition) is 2. The number of nitrogens with one attached hydrogen (secondary N) is 1. The van der Waals surface area contributed by atoms with E-state index in [0.29, 0.717) is 5.54 Å². The Morgan fingerprint density at radius 3 is 2.44 bits per heavy atom. The molecule has 0 atom stereocenters. The molecule has 16 heavy (non-hydrogen) atoms. The second-order valence-corrected chi connectivity index (χ2v) is 6.05. The molecule has 0 unspecified atom stereocenters. The average Bonchev–Trinajstić information content (AvgIpc) is 3.12. The molecule has 0 heterocycles. The maximum atomic E-state index is 3.62. The highest BCUT2D eigenvalue weighted by atomic mass is 15.1. The molecule has 2 aliphatic rings. The third-order valence-corrected chi connectivity index (χ3v) is 4.58. The van der Waals surface area contributed by atoms with Crippen LogP contribution in [-0.2, 0) is 0 Å². The fraction of sp³-hybridized carbons (Fsp3) is 1.00. The third kappa shape index (κ3) is 3.46. The van der Waals surface area contributed by atoms with Crippen LogP contribution in [0.15, 0.2) is 0 Å². The summed E-state index contributed by atoms with van der Waals surface area (Å²) in [5.41, 5.74) is 0.468. The molecule has 2 fully saturated rings. The zero-order chi connectivity index (χ0) is 11.4. The van der Waals surface area contributed by atoms with Crippen molar-refractivity contribution in [1.29, 1.82) is 0 Å². The van der Waals surface area contributed by atoms with Gasteiger partial charge >= 0.3 is 0 Å². The summed E-state index contributed by atoms with van der Waals surface area (Å²) in [5, 5.41) is 3.62. The molecule has 0 aromatic heterocycles. The molecule has 0 bridgehead atoms. The van der Waals surface area contributed by atoms with E-state index in [2.05, 4.69) is 24.3 Å². The van der Waals surface area contributed by atoms with Gasteiger partial charge in [-0.3, -0.25) is 0 Å². The maximum absolute atomic E-state index is 3.62. The highest BCUT2D eigenvalue weighted by Gasteiger charge is 2.30. The number of hydrogen-bond donors (Lipinski definition) is 1. The van der Waals surface area contributed by atoms with Gasteiger partial charge in [0.15, 0.2) is 0 Å². The molecule has 1 N–H and O–H groups in total. The minimum Gasteiger partial charge on any atom is -0.314 e. The summed E-state index contributed by atoms with van der Waals surface area (Å²) in [5.74, 6) is 1.03. The van der Waals surface area contributed by atoms with Crippen LogP contribution in [0, 0.1) is 5.92 Å². The average molecular weight is 224 g/mol. The van der Waals surface area contributed by atoms with E-state index in [-0.39, 0.29) is 0 Å². The predicted molar refractivity (Wildman–Crippen MR) is 69.7 cm³/mol. The zero-order valence-electron chi connectivity index (χ0n) is 11.1. The standard InChI is InChI=1S/C14H28N2/c1-15-14(8-4-3-5-9-14)10-11-16(2)12-13-6-7-13/h13,15H,3-12H2,1-2H3. The van der Waals surface area contributed by atoms with Crippen LogP contribution in [0.3, 0.4) is 0 Å². The van der Waals surface area contributed by atoms with E-state index in [1.165, 1.54) is 64.5 Å². The van der Waals surface area contributed by atoms with E-state index in [1.807, 2.05) is 0 Å². The maximum Gasteiger partial charge on any atom is 0.0190 e. The van der Waals surface area contributed by atoms with Crippen molar-refractivity contribution in [3.8, 4) is 0 Å². The normalized spacial score (nSPS) is 24.9. The fourth-order valence-corrected chi connectivity index (χ4v) is 3.09. The first-order chi connectivity index (χ1) is 7.74. The van der Waals surface area contributed by atoms with E-state index >= 15 is 0 Å². The SMILES string of the molecule is CNC1(CCN(C)CC2CC2)CCCCC1. The van der Waals surface area contributed by atoms with Crippen LogP contribution in [0.4, 0.5) is 0 Å². The summed E-state index contributed by atoms with van der Waals surface area (Å²) in [7, 11) is 4.46. The van der Waals surface area contributed by atoms with Crippen LogP contribution in [0.25, 0.3) is 0 Å². The molecule has 2 aliphatic carbocycles. The van der Waals surface area contributed by atoms with Crippen molar-refractivity contribution in [2.75, 3.05) is 27.2 Å². The van der Waals surface area contributed by atoms with Crippen LogP contribution >= 0.6 is 0 Å². The molecule has 2 saturated carbocycles. The number of nitrogens with zero attached hydrogens (tertiary/aromatic N) is 1. The first kappa shape index (κ1) is 12.4. The lowest BCUT2D eigenvalue weighted by Crippen LogP contribution is -2.46. The van der Waals surface area contributed by atoms with Crippen LogP contribution in [0.5, 0.6) is 0 Å².